The van der Waals surface area contributed by atoms with Crippen molar-refractivity contribution in [3.8, 4) is 0 Å². The van der Waals surface area contributed by atoms with Crippen molar-refractivity contribution in [1.82, 2.24) is 9.55 Å². The van der Waals surface area contributed by atoms with Crippen LogP contribution in [0.3, 0.4) is 0 Å². The van der Waals surface area contributed by atoms with Crippen molar-refractivity contribution in [2.75, 3.05) is 12.0 Å². The summed E-state index contributed by atoms with van der Waals surface area (Å²) in [5, 5.41) is 0. The van der Waals surface area contributed by atoms with Crippen LogP contribution >= 0.6 is 11.8 Å². The van der Waals surface area contributed by atoms with Gasteiger partial charge < -0.3 is 10.3 Å². The third-order valence-electron chi connectivity index (χ3n) is 3.02. The number of nitrogens with zero attached hydrogens (tertiary/aromatic N) is 2. The Hall–Kier alpha value is -1.07. The van der Waals surface area contributed by atoms with Gasteiger partial charge in [0.15, 0.2) is 0 Å². The van der Waals surface area contributed by atoms with Crippen LogP contribution in [-0.2, 0) is 6.54 Å². The lowest BCUT2D eigenvalue weighted by Crippen LogP contribution is -2.17. The Balaban J connectivity index is 2.43. The second-order valence-electron chi connectivity index (χ2n) is 4.24. The summed E-state index contributed by atoms with van der Waals surface area (Å²) in [6.45, 7) is 2.78. The highest BCUT2D eigenvalue weighted by Gasteiger charge is 2.16. The largest absolute Gasteiger partial charge is 0.327 e. The molecular formula is C13H18FN3S. The van der Waals surface area contributed by atoms with Crippen molar-refractivity contribution < 1.29 is 4.39 Å². The van der Waals surface area contributed by atoms with E-state index in [1.54, 1.807) is 17.8 Å². The lowest BCUT2D eigenvalue weighted by Gasteiger charge is -2.12. The van der Waals surface area contributed by atoms with Crippen molar-refractivity contribution in [3.63, 3.8) is 0 Å². The molecule has 1 aromatic carbocycles. The van der Waals surface area contributed by atoms with Crippen LogP contribution in [0.4, 0.5) is 4.39 Å². The molecule has 1 aromatic heterocycles. The van der Waals surface area contributed by atoms with E-state index in [4.69, 9.17) is 5.73 Å². The van der Waals surface area contributed by atoms with E-state index in [0.717, 1.165) is 35.6 Å². The molecule has 0 spiro atoms. The average molecular weight is 267 g/mol. The van der Waals surface area contributed by atoms with Gasteiger partial charge in [0, 0.05) is 6.54 Å². The van der Waals surface area contributed by atoms with Crippen LogP contribution in [0.2, 0.25) is 0 Å². The van der Waals surface area contributed by atoms with Crippen LogP contribution in [0.1, 0.15) is 25.2 Å². The molecule has 1 atom stereocenters. The van der Waals surface area contributed by atoms with Gasteiger partial charge in [-0.1, -0.05) is 0 Å². The normalized spacial score (nSPS) is 13.1. The second kappa shape index (κ2) is 5.71. The minimum absolute atomic E-state index is 0.0899. The van der Waals surface area contributed by atoms with Gasteiger partial charge in [-0.3, -0.25) is 0 Å². The first-order valence-electron chi connectivity index (χ1n) is 6.07. The molecule has 1 unspecified atom stereocenters. The molecule has 0 radical (unpaired) electrons. The Morgan fingerprint density at radius 2 is 2.28 bits per heavy atom. The van der Waals surface area contributed by atoms with Crippen molar-refractivity contribution in [2.24, 2.45) is 5.73 Å². The Morgan fingerprint density at radius 1 is 1.50 bits per heavy atom. The molecule has 18 heavy (non-hydrogen) atoms. The smallest absolute Gasteiger partial charge is 0.126 e. The molecule has 5 heteroatoms. The molecule has 1 heterocycles. The first-order valence-corrected chi connectivity index (χ1v) is 7.47. The monoisotopic (exact) mass is 267 g/mol. The summed E-state index contributed by atoms with van der Waals surface area (Å²) in [6.07, 6.45) is 2.94. The van der Waals surface area contributed by atoms with Gasteiger partial charge in [-0.25, -0.2) is 9.37 Å². The molecule has 2 aromatic rings. The predicted molar refractivity (Wildman–Crippen MR) is 75.3 cm³/mol. The summed E-state index contributed by atoms with van der Waals surface area (Å²) in [7, 11) is 0. The molecular weight excluding hydrogens is 249 g/mol. The van der Waals surface area contributed by atoms with E-state index < -0.39 is 0 Å². The zero-order valence-corrected chi connectivity index (χ0v) is 11.5. The maximum atomic E-state index is 13.3. The maximum Gasteiger partial charge on any atom is 0.126 e. The molecule has 0 aliphatic heterocycles. The van der Waals surface area contributed by atoms with Crippen molar-refractivity contribution >= 4 is 22.8 Å². The van der Waals surface area contributed by atoms with Crippen LogP contribution in [0.15, 0.2) is 18.2 Å². The average Bonchev–Trinajstić information content (AvgIpc) is 2.73. The minimum atomic E-state index is -0.235. The Kier molecular flexibility index (Phi) is 4.24. The highest BCUT2D eigenvalue weighted by Crippen LogP contribution is 2.23. The lowest BCUT2D eigenvalue weighted by atomic mass is 10.2. The number of imidazole rings is 1. The van der Waals surface area contributed by atoms with E-state index in [-0.39, 0.29) is 11.9 Å². The number of halogens is 1. The number of benzene rings is 1. The van der Waals surface area contributed by atoms with Crippen LogP contribution in [0.5, 0.6) is 0 Å². The summed E-state index contributed by atoms with van der Waals surface area (Å²) in [4.78, 5) is 4.54. The predicted octanol–water partition coefficient (Wildman–Crippen LogP) is 2.95. The second-order valence-corrected chi connectivity index (χ2v) is 5.22. The van der Waals surface area contributed by atoms with Gasteiger partial charge >= 0.3 is 0 Å². The van der Waals surface area contributed by atoms with Crippen LogP contribution < -0.4 is 5.73 Å². The number of rotatable bonds is 5. The minimum Gasteiger partial charge on any atom is -0.327 e. The van der Waals surface area contributed by atoms with Gasteiger partial charge in [0.05, 0.1) is 17.1 Å². The SMILES string of the molecule is CCn1c(C(N)CCSC)nc2ccc(F)cc21. The van der Waals surface area contributed by atoms with Crippen LogP contribution in [0.25, 0.3) is 11.0 Å². The Labute approximate surface area is 111 Å². The van der Waals surface area contributed by atoms with Gasteiger partial charge in [0.2, 0.25) is 0 Å². The van der Waals surface area contributed by atoms with Gasteiger partial charge in [-0.15, -0.1) is 0 Å². The molecule has 0 saturated carbocycles. The first-order chi connectivity index (χ1) is 8.67. The highest BCUT2D eigenvalue weighted by atomic mass is 32.2. The maximum absolute atomic E-state index is 13.3. The Morgan fingerprint density at radius 3 is 2.94 bits per heavy atom. The van der Waals surface area contributed by atoms with E-state index in [1.807, 2.05) is 11.5 Å². The van der Waals surface area contributed by atoms with Crippen LogP contribution in [-0.4, -0.2) is 21.6 Å². The molecule has 2 rings (SSSR count). The molecule has 0 amide bonds. The van der Waals surface area contributed by atoms with Crippen molar-refractivity contribution in [3.05, 3.63) is 29.8 Å². The van der Waals surface area contributed by atoms with Gasteiger partial charge in [0.1, 0.15) is 11.6 Å². The number of thioether (sulfide) groups is 1. The third kappa shape index (κ3) is 2.52. The number of hydrogen-bond acceptors (Lipinski definition) is 3. The summed E-state index contributed by atoms with van der Waals surface area (Å²) >= 11 is 1.77. The number of nitrogens with two attached hydrogens (primary N) is 1. The molecule has 0 bridgehead atoms. The van der Waals surface area contributed by atoms with E-state index >= 15 is 0 Å². The summed E-state index contributed by atoms with van der Waals surface area (Å²) in [5.74, 6) is 1.62. The van der Waals surface area contributed by atoms with E-state index in [9.17, 15) is 4.39 Å². The van der Waals surface area contributed by atoms with E-state index in [0.29, 0.717) is 0 Å². The standard InChI is InChI=1S/C13H18FN3S/c1-3-17-12-8-9(14)4-5-11(12)16-13(17)10(15)6-7-18-2/h4-5,8,10H,3,6-7,15H2,1-2H3. The summed E-state index contributed by atoms with van der Waals surface area (Å²) in [5.41, 5.74) is 7.81. The van der Waals surface area contributed by atoms with E-state index in [2.05, 4.69) is 11.2 Å². The number of aryl methyl sites for hydroxylation is 1. The third-order valence-corrected chi connectivity index (χ3v) is 3.66. The summed E-state index contributed by atoms with van der Waals surface area (Å²) in [6, 6.07) is 4.58. The molecule has 0 fully saturated rings. The molecule has 98 valence electrons. The molecule has 0 saturated heterocycles. The molecule has 0 aliphatic rings. The fourth-order valence-corrected chi connectivity index (χ4v) is 2.59. The first kappa shape index (κ1) is 13.4. The fraction of sp³-hybridized carbons (Fsp3) is 0.462. The van der Waals surface area contributed by atoms with Gasteiger partial charge in [-0.2, -0.15) is 11.8 Å². The topological polar surface area (TPSA) is 43.8 Å². The summed E-state index contributed by atoms with van der Waals surface area (Å²) < 4.78 is 15.3. The van der Waals surface area contributed by atoms with Gasteiger partial charge in [0.25, 0.3) is 0 Å². The van der Waals surface area contributed by atoms with Crippen molar-refractivity contribution in [1.29, 1.82) is 0 Å². The quantitative estimate of drug-likeness (QED) is 0.905. The molecule has 2 N–H and O–H groups in total. The highest BCUT2D eigenvalue weighted by molar-refractivity contribution is 7.98. The lowest BCUT2D eigenvalue weighted by molar-refractivity contribution is 0.598. The fourth-order valence-electron chi connectivity index (χ4n) is 2.10. The Bertz CT molecular complexity index is 538. The zero-order valence-electron chi connectivity index (χ0n) is 10.7. The number of fused-ring (bicyclic) bond motifs is 1. The zero-order chi connectivity index (χ0) is 13.1. The number of hydrogen-bond donors (Lipinski definition) is 1. The molecule has 3 nitrogen and oxygen atoms in total. The number of aromatic nitrogens is 2. The van der Waals surface area contributed by atoms with Crippen LogP contribution in [0, 0.1) is 5.82 Å². The van der Waals surface area contributed by atoms with Crippen molar-refractivity contribution in [2.45, 2.75) is 25.9 Å². The molecule has 0 aliphatic carbocycles. The van der Waals surface area contributed by atoms with E-state index in [1.165, 1.54) is 12.1 Å². The van der Waals surface area contributed by atoms with Gasteiger partial charge in [-0.05, 0) is 43.6 Å².